The Morgan fingerprint density at radius 3 is 2.53 bits per heavy atom. The van der Waals surface area contributed by atoms with E-state index in [1.165, 1.54) is 11.0 Å². The summed E-state index contributed by atoms with van der Waals surface area (Å²) in [7, 11) is -2.33. The van der Waals surface area contributed by atoms with Crippen LogP contribution in [-0.2, 0) is 33.9 Å². The van der Waals surface area contributed by atoms with Gasteiger partial charge in [-0.05, 0) is 54.3 Å². The lowest BCUT2D eigenvalue weighted by atomic mass is 9.85. The Morgan fingerprint density at radius 2 is 1.90 bits per heavy atom. The van der Waals surface area contributed by atoms with Gasteiger partial charge >= 0.3 is 6.09 Å². The molecule has 3 N–H and O–H groups in total. The Hall–Kier alpha value is -4.44. The lowest BCUT2D eigenvalue weighted by Gasteiger charge is -2.35. The number of hydrogen-bond acceptors (Lipinski definition) is 11. The van der Waals surface area contributed by atoms with Crippen molar-refractivity contribution in [3.63, 3.8) is 0 Å². The zero-order valence-corrected chi connectivity index (χ0v) is 30.0. The van der Waals surface area contributed by atoms with E-state index in [4.69, 9.17) is 18.9 Å². The van der Waals surface area contributed by atoms with E-state index in [9.17, 15) is 27.6 Å². The molecule has 1 unspecified atom stereocenters. The van der Waals surface area contributed by atoms with Crippen LogP contribution >= 0.6 is 0 Å². The number of alkyl carbamates (subject to hydrolysis) is 1. The molecular formula is C35H45N5O10S. The standard InChI is InChI=1S/C35H45N5O10S/c1-6-21-17-35(21,32(43)39-51(45,46)25-8-9-25)38-29(41)27-16-24(49-30-26-10-7-22(47-5)15-20(26)11-13-36-30)18-40(27)31(42)28(34(2,3)4)37-33(44)50-23-12-14-48-19-23/h6-7,10-11,13,15,21,23-25,27-28H,1,8-9,12,14,16-19H2,2-5H3,(H,37,44)(H,38,41)(H,39,43)/t21-,23?,24-,27+,28-,35-/m1/s1. The summed E-state index contributed by atoms with van der Waals surface area (Å²) >= 11 is 0. The van der Waals surface area contributed by atoms with E-state index in [2.05, 4.69) is 26.9 Å². The molecule has 0 bridgehead atoms. The average molecular weight is 728 g/mol. The highest BCUT2D eigenvalue weighted by molar-refractivity contribution is 7.91. The molecule has 1 aromatic carbocycles. The van der Waals surface area contributed by atoms with Crippen LogP contribution in [0.2, 0.25) is 0 Å². The zero-order valence-electron chi connectivity index (χ0n) is 29.2. The number of ether oxygens (including phenoxy) is 4. The predicted octanol–water partition coefficient (Wildman–Crippen LogP) is 2.19. The van der Waals surface area contributed by atoms with Gasteiger partial charge in [-0.15, -0.1) is 6.58 Å². The van der Waals surface area contributed by atoms with Gasteiger partial charge in [0.1, 0.15) is 35.6 Å². The third-order valence-corrected chi connectivity index (χ3v) is 11.7. The minimum atomic E-state index is -3.90. The van der Waals surface area contributed by atoms with Gasteiger partial charge in [-0.25, -0.2) is 18.2 Å². The first-order chi connectivity index (χ1) is 24.1. The van der Waals surface area contributed by atoms with Gasteiger partial charge in [-0.2, -0.15) is 0 Å². The third-order valence-electron chi connectivity index (χ3n) is 9.85. The van der Waals surface area contributed by atoms with E-state index in [0.717, 1.165) is 5.39 Å². The number of fused-ring (bicyclic) bond motifs is 1. The summed E-state index contributed by atoms with van der Waals surface area (Å²) in [6, 6.07) is 4.95. The smallest absolute Gasteiger partial charge is 0.408 e. The van der Waals surface area contributed by atoms with Crippen LogP contribution in [0.3, 0.4) is 0 Å². The summed E-state index contributed by atoms with van der Waals surface area (Å²) in [6.45, 7) is 9.76. The number of amides is 4. The van der Waals surface area contributed by atoms with Crippen LogP contribution in [0, 0.1) is 11.3 Å². The van der Waals surface area contributed by atoms with E-state index in [1.54, 1.807) is 52.3 Å². The van der Waals surface area contributed by atoms with Gasteiger partial charge in [-0.1, -0.05) is 26.8 Å². The molecule has 6 atom stereocenters. The Balaban J connectivity index is 1.27. The summed E-state index contributed by atoms with van der Waals surface area (Å²) in [5.41, 5.74) is -2.37. The fourth-order valence-corrected chi connectivity index (χ4v) is 7.99. The number of hydrogen-bond donors (Lipinski definition) is 3. The van der Waals surface area contributed by atoms with Crippen molar-refractivity contribution >= 4 is 44.6 Å². The minimum absolute atomic E-state index is 0.0172. The van der Waals surface area contributed by atoms with Gasteiger partial charge in [0.25, 0.3) is 5.91 Å². The molecule has 2 aliphatic carbocycles. The Labute approximate surface area is 296 Å². The normalized spacial score (nSPS) is 26.5. The number of benzene rings is 1. The molecule has 4 aliphatic rings. The van der Waals surface area contributed by atoms with Crippen molar-refractivity contribution in [2.75, 3.05) is 26.9 Å². The van der Waals surface area contributed by atoms with Crippen LogP contribution in [0.25, 0.3) is 10.8 Å². The number of sulfonamides is 1. The van der Waals surface area contributed by atoms with Crippen molar-refractivity contribution in [1.82, 2.24) is 25.2 Å². The molecule has 3 heterocycles. The number of aromatic nitrogens is 1. The maximum Gasteiger partial charge on any atom is 0.408 e. The molecule has 15 nitrogen and oxygen atoms in total. The fraction of sp³-hybridized carbons (Fsp3) is 0.571. The summed E-state index contributed by atoms with van der Waals surface area (Å²) in [5, 5.41) is 6.34. The molecule has 16 heteroatoms. The topological polar surface area (TPSA) is 192 Å². The van der Waals surface area contributed by atoms with Gasteiger partial charge < -0.3 is 34.5 Å². The van der Waals surface area contributed by atoms with Crippen molar-refractivity contribution in [1.29, 1.82) is 0 Å². The number of nitrogens with one attached hydrogen (secondary N) is 3. The summed E-state index contributed by atoms with van der Waals surface area (Å²) in [4.78, 5) is 60.9. The highest BCUT2D eigenvalue weighted by Gasteiger charge is 2.62. The average Bonchev–Trinajstić information content (AvgIpc) is 3.96. The molecule has 2 aliphatic heterocycles. The number of rotatable bonds is 12. The molecule has 276 valence electrons. The molecule has 2 aromatic rings. The number of likely N-dealkylation sites (tertiary alicyclic amines) is 1. The molecule has 4 amide bonds. The maximum atomic E-state index is 14.5. The van der Waals surface area contributed by atoms with Gasteiger partial charge in [0.15, 0.2) is 0 Å². The van der Waals surface area contributed by atoms with E-state index in [-0.39, 0.29) is 31.9 Å². The second-order valence-electron chi connectivity index (χ2n) is 14.7. The van der Waals surface area contributed by atoms with E-state index in [1.807, 2.05) is 6.07 Å². The van der Waals surface area contributed by atoms with Gasteiger partial charge in [0.2, 0.25) is 27.7 Å². The van der Waals surface area contributed by atoms with Crippen LogP contribution in [0.1, 0.15) is 52.9 Å². The number of pyridine rings is 1. The molecule has 4 fully saturated rings. The van der Waals surface area contributed by atoms with E-state index < -0.39 is 80.3 Å². The molecular weight excluding hydrogens is 682 g/mol. The molecule has 1 aromatic heterocycles. The Bertz CT molecular complexity index is 1820. The van der Waals surface area contributed by atoms with Crippen molar-refractivity contribution < 1.29 is 46.5 Å². The van der Waals surface area contributed by atoms with Crippen LogP contribution in [0.5, 0.6) is 11.6 Å². The minimum Gasteiger partial charge on any atom is -0.497 e. The summed E-state index contributed by atoms with van der Waals surface area (Å²) in [5.74, 6) is -1.67. The SMILES string of the molecule is C=C[C@@H]1C[C@]1(NC(=O)[C@@H]1C[C@@H](Oc2nccc3cc(OC)ccc23)CN1C(=O)[C@@H](NC(=O)OC1CCOC1)C(C)(C)C)C(=O)NS(=O)(=O)C1CC1. The van der Waals surface area contributed by atoms with Crippen molar-refractivity contribution in [3.05, 3.63) is 43.1 Å². The predicted molar refractivity (Wildman–Crippen MR) is 184 cm³/mol. The van der Waals surface area contributed by atoms with Crippen molar-refractivity contribution in [2.24, 2.45) is 11.3 Å². The van der Waals surface area contributed by atoms with Crippen LogP contribution < -0.4 is 24.8 Å². The van der Waals surface area contributed by atoms with Gasteiger partial charge in [0.05, 0.1) is 32.1 Å². The molecule has 6 rings (SSSR count). The lowest BCUT2D eigenvalue weighted by Crippen LogP contribution is -2.60. The first kappa shape index (κ1) is 36.4. The fourth-order valence-electron chi connectivity index (χ4n) is 6.62. The summed E-state index contributed by atoms with van der Waals surface area (Å²) in [6.07, 6.45) is 2.73. The monoisotopic (exact) mass is 727 g/mol. The van der Waals surface area contributed by atoms with Gasteiger partial charge in [0, 0.05) is 30.3 Å². The van der Waals surface area contributed by atoms with Crippen LogP contribution in [0.15, 0.2) is 43.1 Å². The maximum absolute atomic E-state index is 14.5. The highest BCUT2D eigenvalue weighted by atomic mass is 32.2. The third kappa shape index (κ3) is 7.76. The quantitative estimate of drug-likeness (QED) is 0.272. The Kier molecular flexibility index (Phi) is 9.94. The molecule has 51 heavy (non-hydrogen) atoms. The first-order valence-corrected chi connectivity index (χ1v) is 18.6. The molecule has 0 radical (unpaired) electrons. The summed E-state index contributed by atoms with van der Waals surface area (Å²) < 4.78 is 50.0. The second-order valence-corrected chi connectivity index (χ2v) is 16.7. The molecule has 0 spiro atoms. The molecule has 2 saturated carbocycles. The zero-order chi connectivity index (χ0) is 36.7. The van der Waals surface area contributed by atoms with Crippen molar-refractivity contribution in [2.45, 2.75) is 88.0 Å². The Morgan fingerprint density at radius 1 is 1.14 bits per heavy atom. The first-order valence-electron chi connectivity index (χ1n) is 17.1. The van der Waals surface area contributed by atoms with Crippen molar-refractivity contribution in [3.8, 4) is 11.6 Å². The van der Waals surface area contributed by atoms with E-state index in [0.29, 0.717) is 37.0 Å². The largest absolute Gasteiger partial charge is 0.497 e. The van der Waals surface area contributed by atoms with Crippen LogP contribution in [0.4, 0.5) is 4.79 Å². The highest BCUT2D eigenvalue weighted by Crippen LogP contribution is 2.45. The molecule has 2 saturated heterocycles. The number of nitrogens with zero attached hydrogens (tertiary/aromatic N) is 2. The second kappa shape index (κ2) is 13.9. The number of carbonyl (C=O) groups excluding carboxylic acids is 4. The number of carbonyl (C=O) groups is 4. The lowest BCUT2D eigenvalue weighted by molar-refractivity contribution is -0.143. The van der Waals surface area contributed by atoms with Gasteiger partial charge in [-0.3, -0.25) is 19.1 Å². The van der Waals surface area contributed by atoms with Crippen LogP contribution in [-0.4, -0.2) is 104 Å². The number of methoxy groups -OCH3 is 1. The van der Waals surface area contributed by atoms with E-state index >= 15 is 0 Å².